The van der Waals surface area contributed by atoms with Gasteiger partial charge in [-0.15, -0.1) is 0 Å². The van der Waals surface area contributed by atoms with Gasteiger partial charge in [-0.3, -0.25) is 0 Å². The Balaban J connectivity index is 2.94. The van der Waals surface area contributed by atoms with E-state index in [0.29, 0.717) is 0 Å². The van der Waals surface area contributed by atoms with Crippen LogP contribution >= 0.6 is 0 Å². The largest absolute Gasteiger partial charge is 0.328 e. The van der Waals surface area contributed by atoms with Crippen LogP contribution in [0.5, 0.6) is 0 Å². The summed E-state index contributed by atoms with van der Waals surface area (Å²) in [6.45, 7) is 4.00. The maximum absolute atomic E-state index is 12.9. The minimum absolute atomic E-state index is 0.0899. The summed E-state index contributed by atoms with van der Waals surface area (Å²) in [7, 11) is 0. The topological polar surface area (TPSA) is 26.0 Å². The first-order chi connectivity index (χ1) is 6.13. The minimum Gasteiger partial charge on any atom is -0.328 e. The molecule has 0 aliphatic rings. The molecule has 0 radical (unpaired) electrons. The Bertz CT molecular complexity index is 281. The highest BCUT2D eigenvalue weighted by Crippen LogP contribution is 2.13. The number of hydrogen-bond donors (Lipinski definition) is 1. The van der Waals surface area contributed by atoms with E-state index in [1.807, 2.05) is 13.0 Å². The molecule has 0 saturated heterocycles. The van der Waals surface area contributed by atoms with Crippen LogP contribution in [0, 0.1) is 5.82 Å². The van der Waals surface area contributed by atoms with Gasteiger partial charge in [-0.05, 0) is 43.0 Å². The van der Waals surface area contributed by atoms with E-state index >= 15 is 0 Å². The van der Waals surface area contributed by atoms with Crippen LogP contribution < -0.4 is 5.73 Å². The average Bonchev–Trinajstić information content (AvgIpc) is 2.03. The fourth-order valence-corrected chi connectivity index (χ4v) is 1.48. The zero-order valence-electron chi connectivity index (χ0n) is 8.18. The molecule has 0 spiro atoms. The molecule has 1 aromatic rings. The third-order valence-corrected chi connectivity index (χ3v) is 2.09. The Morgan fingerprint density at radius 3 is 2.62 bits per heavy atom. The molecule has 0 heterocycles. The molecular weight excluding hydrogens is 165 g/mol. The number of halogens is 1. The third-order valence-electron chi connectivity index (χ3n) is 2.09. The van der Waals surface area contributed by atoms with Crippen LogP contribution in [-0.4, -0.2) is 6.04 Å². The quantitative estimate of drug-likeness (QED) is 0.760. The molecule has 0 saturated carbocycles. The van der Waals surface area contributed by atoms with Crippen molar-refractivity contribution < 1.29 is 4.39 Å². The molecule has 13 heavy (non-hydrogen) atoms. The summed E-state index contributed by atoms with van der Waals surface area (Å²) in [4.78, 5) is 0. The van der Waals surface area contributed by atoms with Gasteiger partial charge >= 0.3 is 0 Å². The predicted octanol–water partition coefficient (Wildman–Crippen LogP) is 2.28. The van der Waals surface area contributed by atoms with Gasteiger partial charge in [-0.2, -0.15) is 0 Å². The van der Waals surface area contributed by atoms with Gasteiger partial charge in [0.15, 0.2) is 0 Å². The summed E-state index contributed by atoms with van der Waals surface area (Å²) in [6.07, 6.45) is 1.68. The van der Waals surface area contributed by atoms with Crippen LogP contribution in [0.15, 0.2) is 18.2 Å². The smallest absolute Gasteiger partial charge is 0.123 e. The fraction of sp³-hybridized carbons (Fsp3) is 0.455. The molecule has 1 atom stereocenters. The molecule has 2 N–H and O–H groups in total. The molecule has 0 aromatic heterocycles. The maximum atomic E-state index is 12.9. The van der Waals surface area contributed by atoms with Crippen LogP contribution in [0.1, 0.15) is 25.0 Å². The lowest BCUT2D eigenvalue weighted by Crippen LogP contribution is -2.18. The molecule has 0 fully saturated rings. The van der Waals surface area contributed by atoms with E-state index < -0.39 is 0 Å². The van der Waals surface area contributed by atoms with Crippen LogP contribution in [0.2, 0.25) is 0 Å². The summed E-state index contributed by atoms with van der Waals surface area (Å²) in [6, 6.07) is 5.02. The first-order valence-corrected chi connectivity index (χ1v) is 4.66. The summed E-state index contributed by atoms with van der Waals surface area (Å²) in [5.41, 5.74) is 7.91. The van der Waals surface area contributed by atoms with Crippen molar-refractivity contribution in [3.63, 3.8) is 0 Å². The van der Waals surface area contributed by atoms with Crippen molar-refractivity contribution in [2.45, 2.75) is 32.7 Å². The Hall–Kier alpha value is -0.890. The third kappa shape index (κ3) is 2.81. The van der Waals surface area contributed by atoms with E-state index in [2.05, 4.69) is 6.92 Å². The van der Waals surface area contributed by atoms with Crippen molar-refractivity contribution >= 4 is 0 Å². The Labute approximate surface area is 78.8 Å². The van der Waals surface area contributed by atoms with Gasteiger partial charge in [0.05, 0.1) is 0 Å². The highest BCUT2D eigenvalue weighted by atomic mass is 19.1. The molecule has 1 rings (SSSR count). The van der Waals surface area contributed by atoms with Crippen molar-refractivity contribution in [2.24, 2.45) is 5.73 Å². The monoisotopic (exact) mass is 181 g/mol. The van der Waals surface area contributed by atoms with Crippen LogP contribution in [-0.2, 0) is 12.8 Å². The molecule has 0 aliphatic carbocycles. The van der Waals surface area contributed by atoms with E-state index in [-0.39, 0.29) is 11.9 Å². The summed E-state index contributed by atoms with van der Waals surface area (Å²) >= 11 is 0. The number of aryl methyl sites for hydroxylation is 1. The zero-order chi connectivity index (χ0) is 9.84. The molecular formula is C11H16FN. The summed E-state index contributed by atoms with van der Waals surface area (Å²) in [5, 5.41) is 0. The van der Waals surface area contributed by atoms with E-state index in [1.54, 1.807) is 6.07 Å². The van der Waals surface area contributed by atoms with Gasteiger partial charge in [-0.25, -0.2) is 4.39 Å². The van der Waals surface area contributed by atoms with Gasteiger partial charge in [0.2, 0.25) is 0 Å². The lowest BCUT2D eigenvalue weighted by Gasteiger charge is -2.10. The Morgan fingerprint density at radius 2 is 2.08 bits per heavy atom. The number of nitrogens with two attached hydrogens (primary N) is 1. The molecule has 1 nitrogen and oxygen atoms in total. The normalized spacial score (nSPS) is 12.9. The molecule has 72 valence electrons. The van der Waals surface area contributed by atoms with Gasteiger partial charge < -0.3 is 5.73 Å². The maximum Gasteiger partial charge on any atom is 0.123 e. The second-order valence-corrected chi connectivity index (χ2v) is 3.45. The standard InChI is InChI=1S/C11H16FN/c1-3-9-4-5-11(12)7-10(9)6-8(2)13/h4-5,7-8H,3,6,13H2,1-2H3. The van der Waals surface area contributed by atoms with E-state index in [4.69, 9.17) is 5.73 Å². The zero-order valence-corrected chi connectivity index (χ0v) is 8.18. The van der Waals surface area contributed by atoms with Gasteiger partial charge in [-0.1, -0.05) is 13.0 Å². The van der Waals surface area contributed by atoms with Crippen molar-refractivity contribution in [1.82, 2.24) is 0 Å². The van der Waals surface area contributed by atoms with Crippen LogP contribution in [0.25, 0.3) is 0 Å². The van der Waals surface area contributed by atoms with E-state index in [1.165, 1.54) is 11.6 Å². The Kier molecular flexibility index (Phi) is 3.43. The molecule has 2 heteroatoms. The lowest BCUT2D eigenvalue weighted by atomic mass is 9.99. The van der Waals surface area contributed by atoms with Crippen LogP contribution in [0.4, 0.5) is 4.39 Å². The van der Waals surface area contributed by atoms with E-state index in [0.717, 1.165) is 18.4 Å². The molecule has 0 amide bonds. The molecule has 0 bridgehead atoms. The average molecular weight is 181 g/mol. The summed E-state index contributed by atoms with van der Waals surface area (Å²) in [5.74, 6) is -0.173. The molecule has 0 aliphatic heterocycles. The molecule has 1 aromatic carbocycles. The van der Waals surface area contributed by atoms with Crippen molar-refractivity contribution in [3.05, 3.63) is 35.1 Å². The first-order valence-electron chi connectivity index (χ1n) is 4.66. The SMILES string of the molecule is CCc1ccc(F)cc1CC(C)N. The lowest BCUT2D eigenvalue weighted by molar-refractivity contribution is 0.621. The number of hydrogen-bond acceptors (Lipinski definition) is 1. The van der Waals surface area contributed by atoms with Crippen molar-refractivity contribution in [2.75, 3.05) is 0 Å². The number of benzene rings is 1. The van der Waals surface area contributed by atoms with Gasteiger partial charge in [0, 0.05) is 6.04 Å². The highest BCUT2D eigenvalue weighted by Gasteiger charge is 2.04. The van der Waals surface area contributed by atoms with Crippen molar-refractivity contribution in [1.29, 1.82) is 0 Å². The van der Waals surface area contributed by atoms with Crippen LogP contribution in [0.3, 0.4) is 0 Å². The molecule has 1 unspecified atom stereocenters. The second kappa shape index (κ2) is 4.38. The highest BCUT2D eigenvalue weighted by molar-refractivity contribution is 5.28. The number of rotatable bonds is 3. The predicted molar refractivity (Wildman–Crippen MR) is 53.1 cm³/mol. The Morgan fingerprint density at radius 1 is 1.38 bits per heavy atom. The second-order valence-electron chi connectivity index (χ2n) is 3.45. The van der Waals surface area contributed by atoms with Crippen molar-refractivity contribution in [3.8, 4) is 0 Å². The first kappa shape index (κ1) is 10.2. The van der Waals surface area contributed by atoms with Gasteiger partial charge in [0.1, 0.15) is 5.82 Å². The minimum atomic E-state index is -0.173. The van der Waals surface area contributed by atoms with E-state index in [9.17, 15) is 4.39 Å². The fourth-order valence-electron chi connectivity index (χ4n) is 1.48. The van der Waals surface area contributed by atoms with Gasteiger partial charge in [0.25, 0.3) is 0 Å². The summed E-state index contributed by atoms with van der Waals surface area (Å²) < 4.78 is 12.9.